The molecule has 0 aromatic carbocycles. The number of nitrogens with zero attached hydrogens (tertiary/aromatic N) is 1. The Hall–Kier alpha value is -0.730. The molecule has 0 atom stereocenters. The van der Waals surface area contributed by atoms with Crippen molar-refractivity contribution in [3.63, 3.8) is 0 Å². The molecule has 0 heterocycles. The van der Waals surface area contributed by atoms with Crippen molar-refractivity contribution in [2.45, 2.75) is 7.43 Å². The van der Waals surface area contributed by atoms with Gasteiger partial charge in [-0.15, -0.1) is 0 Å². The molecule has 0 saturated heterocycles. The second kappa shape index (κ2) is 4.27. The van der Waals surface area contributed by atoms with Gasteiger partial charge in [0.05, 0.1) is 0 Å². The Balaban J connectivity index is 0. The van der Waals surface area contributed by atoms with Crippen molar-refractivity contribution in [1.29, 1.82) is 0 Å². The third-order valence-electron chi connectivity index (χ3n) is 0.258. The van der Waals surface area contributed by atoms with Crippen LogP contribution in [0.3, 0.4) is 0 Å². The molecule has 0 saturated carbocycles. The quantitative estimate of drug-likeness (QED) is 0.311. The van der Waals surface area contributed by atoms with E-state index >= 15 is 0 Å². The van der Waals surface area contributed by atoms with Crippen LogP contribution in [0.4, 0.5) is 0 Å². The summed E-state index contributed by atoms with van der Waals surface area (Å²) in [5.74, 6) is 0.130. The highest BCUT2D eigenvalue weighted by atomic mass is 15.0. The SMILES string of the molecule is C.CN=C(N)N. The van der Waals surface area contributed by atoms with Crippen molar-refractivity contribution in [3.8, 4) is 0 Å². The van der Waals surface area contributed by atoms with Gasteiger partial charge in [-0.2, -0.15) is 0 Å². The summed E-state index contributed by atoms with van der Waals surface area (Å²) in [7, 11) is 1.54. The van der Waals surface area contributed by atoms with Crippen LogP contribution in [0.25, 0.3) is 0 Å². The van der Waals surface area contributed by atoms with Gasteiger partial charge in [-0.05, 0) is 0 Å². The predicted octanol–water partition coefficient (Wildman–Crippen LogP) is -0.474. The Kier molecular flexibility index (Phi) is 6.40. The first-order chi connectivity index (χ1) is 2.27. The van der Waals surface area contributed by atoms with Crippen molar-refractivity contribution in [3.05, 3.63) is 0 Å². The minimum Gasteiger partial charge on any atom is -0.370 e. The molecule has 0 aromatic rings. The fourth-order valence-corrected chi connectivity index (χ4v) is 0. The number of hydrogen-bond donors (Lipinski definition) is 2. The average molecular weight is 89.1 g/mol. The molecule has 0 aliphatic rings. The summed E-state index contributed by atoms with van der Waals surface area (Å²) in [5, 5.41) is 0. The third-order valence-corrected chi connectivity index (χ3v) is 0.258. The maximum Gasteiger partial charge on any atom is 0.185 e. The molecule has 0 rings (SSSR count). The van der Waals surface area contributed by atoms with Gasteiger partial charge in [0.25, 0.3) is 0 Å². The molecule has 0 spiro atoms. The first-order valence-corrected chi connectivity index (χ1v) is 1.25. The summed E-state index contributed by atoms with van der Waals surface area (Å²) in [6.07, 6.45) is 0. The van der Waals surface area contributed by atoms with Crippen LogP contribution >= 0.6 is 0 Å². The molecule has 4 N–H and O–H groups in total. The summed E-state index contributed by atoms with van der Waals surface area (Å²) in [5.41, 5.74) is 9.64. The molecule has 0 aliphatic carbocycles. The lowest BCUT2D eigenvalue weighted by molar-refractivity contribution is 1.36. The fraction of sp³-hybridized carbons (Fsp3) is 0.667. The second-order valence-corrected chi connectivity index (χ2v) is 0.648. The largest absolute Gasteiger partial charge is 0.370 e. The highest BCUT2D eigenvalue weighted by Crippen LogP contribution is 1.40. The van der Waals surface area contributed by atoms with Gasteiger partial charge in [0.2, 0.25) is 0 Å². The van der Waals surface area contributed by atoms with E-state index in [4.69, 9.17) is 11.5 Å². The van der Waals surface area contributed by atoms with Crippen LogP contribution in [-0.4, -0.2) is 13.0 Å². The summed E-state index contributed by atoms with van der Waals surface area (Å²) >= 11 is 0. The van der Waals surface area contributed by atoms with E-state index in [1.165, 1.54) is 7.05 Å². The van der Waals surface area contributed by atoms with E-state index in [0.717, 1.165) is 0 Å². The number of nitrogens with two attached hydrogens (primary N) is 2. The summed E-state index contributed by atoms with van der Waals surface area (Å²) in [6, 6.07) is 0. The molecular formula is C3H11N3. The molecule has 6 heavy (non-hydrogen) atoms. The van der Waals surface area contributed by atoms with Crippen molar-refractivity contribution in [2.24, 2.45) is 16.5 Å². The molecule has 0 amide bonds. The molecular weight excluding hydrogens is 78.1 g/mol. The van der Waals surface area contributed by atoms with Crippen molar-refractivity contribution in [2.75, 3.05) is 7.05 Å². The van der Waals surface area contributed by atoms with Gasteiger partial charge in [-0.1, -0.05) is 7.43 Å². The second-order valence-electron chi connectivity index (χ2n) is 0.648. The van der Waals surface area contributed by atoms with E-state index in [9.17, 15) is 0 Å². The van der Waals surface area contributed by atoms with Gasteiger partial charge in [0.15, 0.2) is 5.96 Å². The Bertz CT molecular complexity index is 44.0. The Morgan fingerprint density at radius 2 is 1.67 bits per heavy atom. The van der Waals surface area contributed by atoms with Crippen molar-refractivity contribution in [1.82, 2.24) is 0 Å². The number of hydrogen-bond acceptors (Lipinski definition) is 1. The maximum absolute atomic E-state index is 4.82. The van der Waals surface area contributed by atoms with Crippen LogP contribution in [0, 0.1) is 0 Å². The monoisotopic (exact) mass is 89.1 g/mol. The van der Waals surface area contributed by atoms with E-state index in [2.05, 4.69) is 4.99 Å². The number of aliphatic imine (C=N–C) groups is 1. The minimum atomic E-state index is 0. The lowest BCUT2D eigenvalue weighted by Crippen LogP contribution is -2.21. The Labute approximate surface area is 38.1 Å². The van der Waals surface area contributed by atoms with Crippen molar-refractivity contribution < 1.29 is 0 Å². The van der Waals surface area contributed by atoms with Gasteiger partial charge in [-0.3, -0.25) is 4.99 Å². The lowest BCUT2D eigenvalue weighted by atomic mass is 11.1. The van der Waals surface area contributed by atoms with Gasteiger partial charge >= 0.3 is 0 Å². The van der Waals surface area contributed by atoms with Gasteiger partial charge in [0, 0.05) is 7.05 Å². The van der Waals surface area contributed by atoms with Crippen LogP contribution in [0.15, 0.2) is 4.99 Å². The van der Waals surface area contributed by atoms with Gasteiger partial charge < -0.3 is 11.5 Å². The van der Waals surface area contributed by atoms with E-state index in [1.54, 1.807) is 0 Å². The Morgan fingerprint density at radius 1 is 1.50 bits per heavy atom. The molecule has 0 fully saturated rings. The predicted molar refractivity (Wildman–Crippen MR) is 28.5 cm³/mol. The lowest BCUT2D eigenvalue weighted by Gasteiger charge is -1.77. The fourth-order valence-electron chi connectivity index (χ4n) is 0. The molecule has 0 unspecified atom stereocenters. The van der Waals surface area contributed by atoms with E-state index in [0.29, 0.717) is 0 Å². The van der Waals surface area contributed by atoms with E-state index in [-0.39, 0.29) is 13.4 Å². The molecule has 3 heteroatoms. The van der Waals surface area contributed by atoms with Crippen LogP contribution in [0.2, 0.25) is 0 Å². The van der Waals surface area contributed by atoms with E-state index in [1.807, 2.05) is 0 Å². The highest BCUT2D eigenvalue weighted by Gasteiger charge is 1.61. The summed E-state index contributed by atoms with van der Waals surface area (Å²) in [6.45, 7) is 0. The molecule has 0 bridgehead atoms. The zero-order valence-corrected chi connectivity index (χ0v) is 3.10. The average Bonchev–Trinajstić information content (AvgIpc) is 1.38. The van der Waals surface area contributed by atoms with Crippen LogP contribution in [0.5, 0.6) is 0 Å². The highest BCUT2D eigenvalue weighted by molar-refractivity contribution is 5.75. The molecule has 0 aromatic heterocycles. The first kappa shape index (κ1) is 8.99. The topological polar surface area (TPSA) is 64.4 Å². The Morgan fingerprint density at radius 3 is 1.67 bits per heavy atom. The summed E-state index contributed by atoms with van der Waals surface area (Å²) < 4.78 is 0. The molecule has 38 valence electrons. The number of guanidine groups is 1. The normalized spacial score (nSPS) is 5.50. The standard InChI is InChI=1S/C2H7N3.CH4/c1-5-2(3)4;/h1H3,(H4,3,4,5);1H4. The zero-order chi connectivity index (χ0) is 4.28. The third kappa shape index (κ3) is 10.4. The first-order valence-electron chi connectivity index (χ1n) is 1.25. The number of rotatable bonds is 0. The van der Waals surface area contributed by atoms with E-state index < -0.39 is 0 Å². The smallest absolute Gasteiger partial charge is 0.185 e. The van der Waals surface area contributed by atoms with Crippen molar-refractivity contribution >= 4 is 5.96 Å². The van der Waals surface area contributed by atoms with Crippen LogP contribution < -0.4 is 11.5 Å². The molecule has 0 radical (unpaired) electrons. The minimum absolute atomic E-state index is 0. The molecule has 3 nitrogen and oxygen atoms in total. The maximum atomic E-state index is 4.82. The molecule has 0 aliphatic heterocycles. The van der Waals surface area contributed by atoms with Crippen LogP contribution in [0.1, 0.15) is 7.43 Å². The zero-order valence-electron chi connectivity index (χ0n) is 3.10. The van der Waals surface area contributed by atoms with Crippen LogP contribution in [-0.2, 0) is 0 Å². The summed E-state index contributed by atoms with van der Waals surface area (Å²) in [4.78, 5) is 3.36. The van der Waals surface area contributed by atoms with Gasteiger partial charge in [0.1, 0.15) is 0 Å². The van der Waals surface area contributed by atoms with Gasteiger partial charge in [-0.25, -0.2) is 0 Å².